The fraction of sp³-hybridized carbons (Fsp3) is 0.346. The fourth-order valence-electron chi connectivity index (χ4n) is 3.95. The molecule has 38 heavy (non-hydrogen) atoms. The van der Waals surface area contributed by atoms with Gasteiger partial charge in [-0.2, -0.15) is 0 Å². The molecule has 0 aliphatic carbocycles. The van der Waals surface area contributed by atoms with E-state index in [4.69, 9.17) is 6.57 Å². The zero-order valence-electron chi connectivity index (χ0n) is 21.8. The van der Waals surface area contributed by atoms with Crippen molar-refractivity contribution in [2.75, 3.05) is 48.8 Å². The van der Waals surface area contributed by atoms with Gasteiger partial charge in [0.2, 0.25) is 21.7 Å². The van der Waals surface area contributed by atoms with E-state index in [1.165, 1.54) is 18.3 Å². The van der Waals surface area contributed by atoms with Crippen molar-refractivity contribution in [3.63, 3.8) is 0 Å². The van der Waals surface area contributed by atoms with Crippen LogP contribution in [0.2, 0.25) is 0 Å². The number of halogens is 1. The van der Waals surface area contributed by atoms with Gasteiger partial charge in [0.05, 0.1) is 11.5 Å². The van der Waals surface area contributed by atoms with Gasteiger partial charge in [-0.3, -0.25) is 0 Å². The molecule has 200 valence electrons. The summed E-state index contributed by atoms with van der Waals surface area (Å²) in [6.45, 7) is 16.9. The Morgan fingerprint density at radius 3 is 2.32 bits per heavy atom. The van der Waals surface area contributed by atoms with Gasteiger partial charge in [-0.05, 0) is 70.3 Å². The number of anilines is 5. The second-order valence-corrected chi connectivity index (χ2v) is 12.8. The van der Waals surface area contributed by atoms with Crippen molar-refractivity contribution >= 4 is 60.5 Å². The number of rotatable bonds is 7. The number of sulfonamides is 1. The van der Waals surface area contributed by atoms with Crippen molar-refractivity contribution in [1.29, 1.82) is 0 Å². The number of hydrogen-bond donors (Lipinski definition) is 3. The Balaban J connectivity index is 1.54. The Kier molecular flexibility index (Phi) is 8.22. The summed E-state index contributed by atoms with van der Waals surface area (Å²) in [4.78, 5) is 17.0. The van der Waals surface area contributed by atoms with Gasteiger partial charge in [-0.1, -0.05) is 15.9 Å². The molecular weight excluding hydrogens is 568 g/mol. The summed E-state index contributed by atoms with van der Waals surface area (Å²) < 4.78 is 29.0. The summed E-state index contributed by atoms with van der Waals surface area (Å²) in [6, 6.07) is 12.8. The van der Waals surface area contributed by atoms with E-state index in [0.29, 0.717) is 16.1 Å². The summed E-state index contributed by atoms with van der Waals surface area (Å²) >= 11 is 3.39. The molecule has 0 atom stereocenters. The Morgan fingerprint density at radius 2 is 1.68 bits per heavy atom. The van der Waals surface area contributed by atoms with E-state index in [1.807, 2.05) is 12.1 Å². The number of benzene rings is 2. The number of nitrogens with zero attached hydrogens (tertiary/aromatic N) is 5. The lowest BCUT2D eigenvalue weighted by molar-refractivity contribution is 0.313. The van der Waals surface area contributed by atoms with Crippen LogP contribution in [0, 0.1) is 6.57 Å². The van der Waals surface area contributed by atoms with Crippen molar-refractivity contribution in [3.8, 4) is 0 Å². The Bertz CT molecular complexity index is 1440. The van der Waals surface area contributed by atoms with Gasteiger partial charge in [-0.25, -0.2) is 28.0 Å². The van der Waals surface area contributed by atoms with Crippen LogP contribution in [-0.2, 0) is 10.0 Å². The van der Waals surface area contributed by atoms with E-state index < -0.39 is 15.6 Å². The maximum atomic E-state index is 12.9. The zero-order chi connectivity index (χ0) is 27.5. The average molecular weight is 600 g/mol. The van der Waals surface area contributed by atoms with Crippen LogP contribution >= 0.6 is 15.9 Å². The first-order valence-electron chi connectivity index (χ1n) is 12.1. The van der Waals surface area contributed by atoms with Gasteiger partial charge in [0.25, 0.3) is 0 Å². The van der Waals surface area contributed by atoms with Crippen LogP contribution in [0.4, 0.5) is 34.5 Å². The van der Waals surface area contributed by atoms with E-state index in [0.717, 1.165) is 37.6 Å². The average Bonchev–Trinajstić information content (AvgIpc) is 2.83. The first-order valence-corrected chi connectivity index (χ1v) is 14.4. The molecule has 1 aliphatic heterocycles. The summed E-state index contributed by atoms with van der Waals surface area (Å²) in [6.07, 6.45) is 1.43. The highest BCUT2D eigenvalue weighted by Crippen LogP contribution is 2.31. The van der Waals surface area contributed by atoms with Crippen LogP contribution in [0.1, 0.15) is 20.8 Å². The van der Waals surface area contributed by atoms with Gasteiger partial charge in [0.15, 0.2) is 0 Å². The molecule has 0 spiro atoms. The SMILES string of the molecule is [C-]#[N+]c1cnc(Nc2ccc(N3CCN(C)CC3)cc2)nc1Nc1cc(Br)cc(S(=O)(=O)NC(C)(C)C)c1. The first-order chi connectivity index (χ1) is 17.9. The topological polar surface area (TPSA) is 107 Å². The van der Waals surface area contributed by atoms with Crippen molar-refractivity contribution in [2.45, 2.75) is 31.2 Å². The summed E-state index contributed by atoms with van der Waals surface area (Å²) in [5.74, 6) is 0.571. The predicted octanol–water partition coefficient (Wildman–Crippen LogP) is 5.11. The molecule has 0 unspecified atom stereocenters. The zero-order valence-corrected chi connectivity index (χ0v) is 24.2. The normalized spacial score (nSPS) is 14.7. The second-order valence-electron chi connectivity index (χ2n) is 10.2. The first kappa shape index (κ1) is 27.8. The molecule has 12 heteroatoms. The highest BCUT2D eigenvalue weighted by Gasteiger charge is 2.23. The number of piperazine rings is 1. The van der Waals surface area contributed by atoms with Crippen LogP contribution in [0.5, 0.6) is 0 Å². The van der Waals surface area contributed by atoms with E-state index in [1.54, 1.807) is 26.8 Å². The lowest BCUT2D eigenvalue weighted by atomic mass is 10.1. The van der Waals surface area contributed by atoms with Crippen molar-refractivity contribution in [1.82, 2.24) is 19.6 Å². The van der Waals surface area contributed by atoms with Gasteiger partial charge in [0.1, 0.15) is 5.82 Å². The molecule has 2 aromatic carbocycles. The van der Waals surface area contributed by atoms with Crippen LogP contribution in [-0.4, -0.2) is 62.1 Å². The van der Waals surface area contributed by atoms with E-state index in [9.17, 15) is 8.42 Å². The third-order valence-corrected chi connectivity index (χ3v) is 7.96. The highest BCUT2D eigenvalue weighted by atomic mass is 79.9. The molecule has 1 aliphatic rings. The molecule has 1 fully saturated rings. The lowest BCUT2D eigenvalue weighted by Gasteiger charge is -2.34. The van der Waals surface area contributed by atoms with Crippen molar-refractivity contribution in [3.05, 3.63) is 64.6 Å². The van der Waals surface area contributed by atoms with Crippen LogP contribution in [0.25, 0.3) is 4.85 Å². The maximum absolute atomic E-state index is 12.9. The molecule has 0 amide bonds. The Hall–Kier alpha value is -3.24. The minimum Gasteiger partial charge on any atom is -0.369 e. The monoisotopic (exact) mass is 598 g/mol. The summed E-state index contributed by atoms with van der Waals surface area (Å²) in [7, 11) is -1.63. The number of hydrogen-bond acceptors (Lipinski definition) is 8. The predicted molar refractivity (Wildman–Crippen MR) is 155 cm³/mol. The molecule has 1 saturated heterocycles. The van der Waals surface area contributed by atoms with Crippen LogP contribution < -0.4 is 20.3 Å². The van der Waals surface area contributed by atoms with Crippen LogP contribution in [0.15, 0.2) is 58.0 Å². The lowest BCUT2D eigenvalue weighted by Crippen LogP contribution is -2.44. The third-order valence-electron chi connectivity index (χ3n) is 5.77. The summed E-state index contributed by atoms with van der Waals surface area (Å²) in [5.41, 5.74) is 2.00. The molecule has 3 aromatic rings. The molecule has 10 nitrogen and oxygen atoms in total. The van der Waals surface area contributed by atoms with Crippen molar-refractivity contribution < 1.29 is 8.42 Å². The van der Waals surface area contributed by atoms with E-state index >= 15 is 0 Å². The Morgan fingerprint density at radius 1 is 1.00 bits per heavy atom. The third kappa shape index (κ3) is 7.20. The van der Waals surface area contributed by atoms with E-state index in [-0.39, 0.29) is 16.4 Å². The molecular formula is C26H31BrN8O2S. The molecule has 2 heterocycles. The number of nitrogens with one attached hydrogen (secondary N) is 3. The smallest absolute Gasteiger partial charge is 0.246 e. The molecule has 3 N–H and O–H groups in total. The fourth-order valence-corrected chi connectivity index (χ4v) is 6.08. The molecule has 0 bridgehead atoms. The Labute approximate surface area is 232 Å². The largest absolute Gasteiger partial charge is 0.369 e. The number of likely N-dealkylation sites (N-methyl/N-ethyl adjacent to an activating group) is 1. The van der Waals surface area contributed by atoms with Gasteiger partial charge < -0.3 is 20.4 Å². The quantitative estimate of drug-likeness (QED) is 0.322. The van der Waals surface area contributed by atoms with E-state index in [2.05, 4.69) is 75.1 Å². The maximum Gasteiger partial charge on any atom is 0.246 e. The minimum atomic E-state index is -3.77. The molecule has 1 aromatic heterocycles. The van der Waals surface area contributed by atoms with Crippen molar-refractivity contribution in [2.24, 2.45) is 0 Å². The summed E-state index contributed by atoms with van der Waals surface area (Å²) in [5, 5.41) is 6.27. The minimum absolute atomic E-state index is 0.0847. The molecule has 4 rings (SSSR count). The molecule has 0 radical (unpaired) electrons. The highest BCUT2D eigenvalue weighted by molar-refractivity contribution is 9.10. The van der Waals surface area contributed by atoms with Gasteiger partial charge in [-0.15, -0.1) is 0 Å². The number of aromatic nitrogens is 2. The van der Waals surface area contributed by atoms with Gasteiger partial charge >= 0.3 is 0 Å². The van der Waals surface area contributed by atoms with Crippen LogP contribution in [0.3, 0.4) is 0 Å². The van der Waals surface area contributed by atoms with Gasteiger partial charge in [0, 0.05) is 59.4 Å². The standard InChI is InChI=1S/C26H31BrN8O2S/c1-26(2,3)33-38(36,37)22-15-18(27)14-20(16-22)30-24-23(28-4)17-29-25(32-24)31-19-6-8-21(9-7-19)35-12-10-34(5)11-13-35/h6-9,14-17,33H,10-13H2,1-3,5H3,(H2,29,30,31,32). The second kappa shape index (κ2) is 11.2. The molecule has 0 saturated carbocycles.